The van der Waals surface area contributed by atoms with Crippen molar-refractivity contribution in [3.63, 3.8) is 0 Å². The molecule has 2 N–H and O–H groups in total. The number of nitrogens with zero attached hydrogens (tertiary/aromatic N) is 1. The van der Waals surface area contributed by atoms with E-state index in [1.165, 1.54) is 29.7 Å². The highest BCUT2D eigenvalue weighted by molar-refractivity contribution is 5.55. The van der Waals surface area contributed by atoms with Crippen molar-refractivity contribution in [1.29, 1.82) is 0 Å². The molecule has 0 amide bonds. The summed E-state index contributed by atoms with van der Waals surface area (Å²) in [5.41, 5.74) is 9.56. The first-order valence-corrected chi connectivity index (χ1v) is 6.46. The van der Waals surface area contributed by atoms with Crippen LogP contribution in [0.3, 0.4) is 0 Å². The van der Waals surface area contributed by atoms with E-state index in [4.69, 9.17) is 10.5 Å². The van der Waals surface area contributed by atoms with Crippen molar-refractivity contribution < 1.29 is 4.74 Å². The first-order valence-electron chi connectivity index (χ1n) is 6.46. The third-order valence-corrected chi connectivity index (χ3v) is 3.88. The van der Waals surface area contributed by atoms with Gasteiger partial charge in [0.1, 0.15) is 0 Å². The van der Waals surface area contributed by atoms with Gasteiger partial charge < -0.3 is 15.4 Å². The molecule has 2 aliphatic rings. The summed E-state index contributed by atoms with van der Waals surface area (Å²) in [7, 11) is 0. The van der Waals surface area contributed by atoms with Gasteiger partial charge in [-0.2, -0.15) is 0 Å². The van der Waals surface area contributed by atoms with Gasteiger partial charge in [-0.25, -0.2) is 0 Å². The molecule has 2 atom stereocenters. The zero-order valence-corrected chi connectivity index (χ0v) is 10.4. The van der Waals surface area contributed by atoms with Crippen LogP contribution in [0.4, 0.5) is 5.69 Å². The van der Waals surface area contributed by atoms with Crippen LogP contribution in [0.15, 0.2) is 18.2 Å². The molecule has 2 aliphatic heterocycles. The number of nitrogens with two attached hydrogens (primary N) is 1. The second-order valence-corrected chi connectivity index (χ2v) is 5.19. The molecular formula is C14H20N2O. The lowest BCUT2D eigenvalue weighted by Crippen LogP contribution is -2.42. The number of fused-ring (bicyclic) bond motifs is 2. The molecule has 2 fully saturated rings. The van der Waals surface area contributed by atoms with E-state index in [0.29, 0.717) is 18.8 Å². The second kappa shape index (κ2) is 4.31. The molecule has 92 valence electrons. The summed E-state index contributed by atoms with van der Waals surface area (Å²) in [5.74, 6) is 0. The van der Waals surface area contributed by atoms with Gasteiger partial charge in [0, 0.05) is 25.3 Å². The van der Waals surface area contributed by atoms with E-state index in [2.05, 4.69) is 30.0 Å². The molecule has 1 aromatic rings. The predicted octanol–water partition coefficient (Wildman–Crippen LogP) is 1.82. The van der Waals surface area contributed by atoms with Crippen molar-refractivity contribution >= 4 is 5.69 Å². The zero-order valence-electron chi connectivity index (χ0n) is 10.4. The van der Waals surface area contributed by atoms with E-state index in [1.54, 1.807) is 0 Å². The Morgan fingerprint density at radius 3 is 2.59 bits per heavy atom. The quantitative estimate of drug-likeness (QED) is 0.845. The highest BCUT2D eigenvalue weighted by Crippen LogP contribution is 2.31. The predicted molar refractivity (Wildman–Crippen MR) is 69.2 cm³/mol. The van der Waals surface area contributed by atoms with Gasteiger partial charge in [-0.3, -0.25) is 0 Å². The maximum atomic E-state index is 5.87. The van der Waals surface area contributed by atoms with Crippen LogP contribution in [0, 0.1) is 6.92 Å². The SMILES string of the molecule is Cc1cc(CN)ccc1N1CC2CCC(C1)O2. The molecule has 0 saturated carbocycles. The highest BCUT2D eigenvalue weighted by atomic mass is 16.5. The largest absolute Gasteiger partial charge is 0.371 e. The van der Waals surface area contributed by atoms with E-state index in [1.807, 2.05) is 0 Å². The third-order valence-electron chi connectivity index (χ3n) is 3.88. The molecule has 0 aliphatic carbocycles. The van der Waals surface area contributed by atoms with E-state index in [-0.39, 0.29) is 0 Å². The minimum atomic E-state index is 0.447. The number of rotatable bonds is 2. The third kappa shape index (κ3) is 2.05. The summed E-state index contributed by atoms with van der Waals surface area (Å²) >= 11 is 0. The lowest BCUT2D eigenvalue weighted by Gasteiger charge is -2.34. The summed E-state index contributed by atoms with van der Waals surface area (Å²) in [6.45, 7) is 4.87. The van der Waals surface area contributed by atoms with Crippen molar-refractivity contribution in [3.8, 4) is 0 Å². The fraction of sp³-hybridized carbons (Fsp3) is 0.571. The van der Waals surface area contributed by atoms with E-state index in [9.17, 15) is 0 Å². The molecule has 17 heavy (non-hydrogen) atoms. The molecule has 2 bridgehead atoms. The van der Waals surface area contributed by atoms with Gasteiger partial charge >= 0.3 is 0 Å². The first-order chi connectivity index (χ1) is 8.26. The molecule has 3 heteroatoms. The Balaban J connectivity index is 1.84. The van der Waals surface area contributed by atoms with Crippen LogP contribution in [0.25, 0.3) is 0 Å². The summed E-state index contributed by atoms with van der Waals surface area (Å²) < 4.78 is 5.87. The van der Waals surface area contributed by atoms with Crippen LogP contribution in [0.2, 0.25) is 0 Å². The van der Waals surface area contributed by atoms with Crippen molar-refractivity contribution in [2.75, 3.05) is 18.0 Å². The fourth-order valence-corrected chi connectivity index (χ4v) is 3.01. The summed E-state index contributed by atoms with van der Waals surface area (Å²) in [6, 6.07) is 6.55. The van der Waals surface area contributed by atoms with E-state index < -0.39 is 0 Å². The second-order valence-electron chi connectivity index (χ2n) is 5.19. The highest BCUT2D eigenvalue weighted by Gasteiger charge is 2.34. The Morgan fingerprint density at radius 1 is 1.29 bits per heavy atom. The maximum absolute atomic E-state index is 5.87. The number of hydrogen-bond acceptors (Lipinski definition) is 3. The lowest BCUT2D eigenvalue weighted by molar-refractivity contribution is 0.0304. The van der Waals surface area contributed by atoms with Gasteiger partial charge in [-0.1, -0.05) is 12.1 Å². The van der Waals surface area contributed by atoms with Gasteiger partial charge in [0.25, 0.3) is 0 Å². The van der Waals surface area contributed by atoms with Crippen LogP contribution in [0.1, 0.15) is 24.0 Å². The molecule has 2 saturated heterocycles. The molecule has 0 radical (unpaired) electrons. The average molecular weight is 232 g/mol. The molecule has 0 aromatic heterocycles. The average Bonchev–Trinajstić information content (AvgIpc) is 2.68. The van der Waals surface area contributed by atoms with Crippen molar-refractivity contribution in [3.05, 3.63) is 29.3 Å². The monoisotopic (exact) mass is 232 g/mol. The zero-order chi connectivity index (χ0) is 11.8. The first kappa shape index (κ1) is 11.1. The van der Waals surface area contributed by atoms with Crippen molar-refractivity contribution in [2.24, 2.45) is 5.73 Å². The van der Waals surface area contributed by atoms with Crippen LogP contribution in [-0.2, 0) is 11.3 Å². The number of hydrogen-bond donors (Lipinski definition) is 1. The topological polar surface area (TPSA) is 38.5 Å². The molecule has 3 nitrogen and oxygen atoms in total. The Labute approximate surface area is 103 Å². The molecule has 1 aromatic carbocycles. The fourth-order valence-electron chi connectivity index (χ4n) is 3.01. The molecular weight excluding hydrogens is 212 g/mol. The molecule has 3 rings (SSSR count). The smallest absolute Gasteiger partial charge is 0.0755 e. The normalized spacial score (nSPS) is 27.5. The van der Waals surface area contributed by atoms with Gasteiger partial charge in [-0.05, 0) is 37.0 Å². The number of aryl methyl sites for hydroxylation is 1. The van der Waals surface area contributed by atoms with E-state index in [0.717, 1.165) is 13.1 Å². The van der Waals surface area contributed by atoms with Crippen LogP contribution in [-0.4, -0.2) is 25.3 Å². The Kier molecular flexibility index (Phi) is 2.81. The summed E-state index contributed by atoms with van der Waals surface area (Å²) in [5, 5.41) is 0. The minimum absolute atomic E-state index is 0.447. The number of benzene rings is 1. The number of morpholine rings is 1. The lowest BCUT2D eigenvalue weighted by atomic mass is 10.1. The maximum Gasteiger partial charge on any atom is 0.0755 e. The van der Waals surface area contributed by atoms with Crippen molar-refractivity contribution in [2.45, 2.75) is 38.5 Å². The molecule has 2 unspecified atom stereocenters. The standard InChI is InChI=1S/C14H20N2O/c1-10-6-11(7-15)2-5-14(10)16-8-12-3-4-13(9-16)17-12/h2,5-6,12-13H,3-4,7-9,15H2,1H3. The number of anilines is 1. The van der Waals surface area contributed by atoms with Crippen LogP contribution in [0.5, 0.6) is 0 Å². The van der Waals surface area contributed by atoms with Crippen LogP contribution >= 0.6 is 0 Å². The van der Waals surface area contributed by atoms with Gasteiger partial charge in [0.05, 0.1) is 12.2 Å². The van der Waals surface area contributed by atoms with Gasteiger partial charge in [0.15, 0.2) is 0 Å². The molecule has 2 heterocycles. The minimum Gasteiger partial charge on any atom is -0.371 e. The Hall–Kier alpha value is -1.06. The van der Waals surface area contributed by atoms with Gasteiger partial charge in [-0.15, -0.1) is 0 Å². The van der Waals surface area contributed by atoms with Gasteiger partial charge in [0.2, 0.25) is 0 Å². The van der Waals surface area contributed by atoms with E-state index >= 15 is 0 Å². The molecule has 0 spiro atoms. The van der Waals surface area contributed by atoms with Crippen LogP contribution < -0.4 is 10.6 Å². The Bertz CT molecular complexity index is 407. The number of ether oxygens (including phenoxy) is 1. The summed E-state index contributed by atoms with van der Waals surface area (Å²) in [6.07, 6.45) is 3.34. The van der Waals surface area contributed by atoms with Crippen molar-refractivity contribution in [1.82, 2.24) is 0 Å². The Morgan fingerprint density at radius 2 is 2.00 bits per heavy atom. The summed E-state index contributed by atoms with van der Waals surface area (Å²) in [4.78, 5) is 2.47.